The lowest BCUT2D eigenvalue weighted by molar-refractivity contribution is -0.133. The Morgan fingerprint density at radius 2 is 2.00 bits per heavy atom. The number of hydrogen-bond acceptors (Lipinski definition) is 3. The summed E-state index contributed by atoms with van der Waals surface area (Å²) in [6.07, 6.45) is 4.54. The van der Waals surface area contributed by atoms with Gasteiger partial charge in [-0.3, -0.25) is 10.1 Å². The Morgan fingerprint density at radius 3 is 2.57 bits per heavy atom. The fourth-order valence-corrected chi connectivity index (χ4v) is 4.83. The average Bonchev–Trinajstić information content (AvgIpc) is 3.04. The third kappa shape index (κ3) is 2.88. The molecule has 1 aliphatic carbocycles. The van der Waals surface area contributed by atoms with Crippen LogP contribution in [0.2, 0.25) is 0 Å². The molecule has 21 heavy (non-hydrogen) atoms. The molecule has 1 saturated carbocycles. The van der Waals surface area contributed by atoms with E-state index >= 15 is 0 Å². The molecular weight excluding hydrogens is 280 g/mol. The summed E-state index contributed by atoms with van der Waals surface area (Å²) >= 11 is 1.71. The second kappa shape index (κ2) is 6.09. The molecular formula is C17H26N2OS. The van der Waals surface area contributed by atoms with E-state index in [-0.39, 0.29) is 12.2 Å². The van der Waals surface area contributed by atoms with Crippen LogP contribution in [0.3, 0.4) is 0 Å². The van der Waals surface area contributed by atoms with Crippen LogP contribution in [0.25, 0.3) is 0 Å². The smallest absolute Gasteiger partial charge is 0.241 e. The molecule has 1 aromatic rings. The summed E-state index contributed by atoms with van der Waals surface area (Å²) in [6.45, 7) is 6.75. The van der Waals surface area contributed by atoms with E-state index < -0.39 is 0 Å². The van der Waals surface area contributed by atoms with Gasteiger partial charge in [0.05, 0.1) is 6.04 Å². The van der Waals surface area contributed by atoms with Crippen molar-refractivity contribution in [2.24, 2.45) is 11.8 Å². The van der Waals surface area contributed by atoms with Gasteiger partial charge in [0.15, 0.2) is 0 Å². The van der Waals surface area contributed by atoms with E-state index in [0.29, 0.717) is 11.9 Å². The lowest BCUT2D eigenvalue weighted by Gasteiger charge is -2.39. The van der Waals surface area contributed by atoms with Crippen LogP contribution in [0, 0.1) is 11.8 Å². The van der Waals surface area contributed by atoms with Gasteiger partial charge in [-0.25, -0.2) is 0 Å². The first-order chi connectivity index (χ1) is 10.1. The van der Waals surface area contributed by atoms with E-state index in [0.717, 1.165) is 31.1 Å². The van der Waals surface area contributed by atoms with Crippen molar-refractivity contribution in [2.45, 2.75) is 64.7 Å². The maximum Gasteiger partial charge on any atom is 0.241 e. The molecule has 0 spiro atoms. The molecule has 1 amide bonds. The van der Waals surface area contributed by atoms with Crippen molar-refractivity contribution in [1.29, 1.82) is 0 Å². The molecule has 1 N–H and O–H groups in total. The van der Waals surface area contributed by atoms with Gasteiger partial charge in [-0.05, 0) is 59.9 Å². The lowest BCUT2D eigenvalue weighted by atomic mass is 9.79. The normalized spacial score (nSPS) is 37.2. The van der Waals surface area contributed by atoms with Gasteiger partial charge in [-0.1, -0.05) is 20.8 Å². The predicted molar refractivity (Wildman–Crippen MR) is 87.1 cm³/mol. The molecule has 3 nitrogen and oxygen atoms in total. The molecule has 2 aliphatic rings. The van der Waals surface area contributed by atoms with Gasteiger partial charge < -0.3 is 4.90 Å². The van der Waals surface area contributed by atoms with E-state index in [4.69, 9.17) is 0 Å². The summed E-state index contributed by atoms with van der Waals surface area (Å²) in [5.74, 6) is 1.74. The molecule has 2 heterocycles. The molecule has 4 heteroatoms. The van der Waals surface area contributed by atoms with Crippen molar-refractivity contribution < 1.29 is 4.79 Å². The third-order valence-corrected chi connectivity index (χ3v) is 5.71. The van der Waals surface area contributed by atoms with Gasteiger partial charge in [0.2, 0.25) is 5.91 Å². The minimum Gasteiger partial charge on any atom is -0.319 e. The number of carbonyl (C=O) groups excluding carboxylic acids is 1. The van der Waals surface area contributed by atoms with Gasteiger partial charge in [0.25, 0.3) is 0 Å². The number of nitrogens with one attached hydrogen (secondary N) is 1. The highest BCUT2D eigenvalue weighted by atomic mass is 32.1. The molecule has 2 fully saturated rings. The largest absolute Gasteiger partial charge is 0.319 e. The highest BCUT2D eigenvalue weighted by molar-refractivity contribution is 7.07. The SMILES string of the molecule is CCC1NC(c2ccsc2)N(C2CC(C)CC(C)C2)C1=O. The summed E-state index contributed by atoms with van der Waals surface area (Å²) in [6, 6.07) is 2.53. The van der Waals surface area contributed by atoms with Crippen LogP contribution >= 0.6 is 11.3 Å². The molecule has 116 valence electrons. The number of rotatable bonds is 3. The van der Waals surface area contributed by atoms with Crippen LogP contribution in [-0.2, 0) is 4.79 Å². The van der Waals surface area contributed by atoms with Crippen molar-refractivity contribution in [3.63, 3.8) is 0 Å². The molecule has 4 atom stereocenters. The maximum atomic E-state index is 12.8. The van der Waals surface area contributed by atoms with Crippen LogP contribution in [0.5, 0.6) is 0 Å². The van der Waals surface area contributed by atoms with Crippen LogP contribution in [0.1, 0.15) is 58.2 Å². The molecule has 1 aromatic heterocycles. The van der Waals surface area contributed by atoms with Gasteiger partial charge in [0.1, 0.15) is 6.17 Å². The zero-order valence-electron chi connectivity index (χ0n) is 13.2. The van der Waals surface area contributed by atoms with Crippen molar-refractivity contribution in [1.82, 2.24) is 10.2 Å². The minimum absolute atomic E-state index is 0.0116. The highest BCUT2D eigenvalue weighted by Gasteiger charge is 2.44. The second-order valence-corrected chi connectivity index (χ2v) is 7.68. The average molecular weight is 306 g/mol. The van der Waals surface area contributed by atoms with Crippen molar-refractivity contribution in [3.05, 3.63) is 22.4 Å². The van der Waals surface area contributed by atoms with Gasteiger partial charge in [-0.15, -0.1) is 0 Å². The predicted octanol–water partition coefficient (Wildman–Crippen LogP) is 3.78. The molecule has 0 radical (unpaired) electrons. The van der Waals surface area contributed by atoms with E-state index in [9.17, 15) is 4.79 Å². The zero-order chi connectivity index (χ0) is 15.0. The van der Waals surface area contributed by atoms with Gasteiger partial charge in [-0.2, -0.15) is 11.3 Å². The molecule has 0 aromatic carbocycles. The van der Waals surface area contributed by atoms with Crippen LogP contribution in [0.15, 0.2) is 16.8 Å². The first-order valence-corrected chi connectivity index (χ1v) is 9.14. The Morgan fingerprint density at radius 1 is 1.29 bits per heavy atom. The standard InChI is InChI=1S/C17H26N2OS/c1-4-15-17(20)19(14-8-11(2)7-12(3)9-14)16(18-15)13-5-6-21-10-13/h5-6,10-12,14-16,18H,4,7-9H2,1-3H3. The third-order valence-electron chi connectivity index (χ3n) is 5.00. The first-order valence-electron chi connectivity index (χ1n) is 8.20. The fraction of sp³-hybridized carbons (Fsp3) is 0.706. The summed E-state index contributed by atoms with van der Waals surface area (Å²) in [4.78, 5) is 15.0. The van der Waals surface area contributed by atoms with Crippen LogP contribution in [0.4, 0.5) is 0 Å². The van der Waals surface area contributed by atoms with Crippen molar-refractivity contribution >= 4 is 17.2 Å². The Balaban J connectivity index is 1.87. The summed E-state index contributed by atoms with van der Waals surface area (Å²) < 4.78 is 0. The monoisotopic (exact) mass is 306 g/mol. The Hall–Kier alpha value is -0.870. The number of hydrogen-bond donors (Lipinski definition) is 1. The summed E-state index contributed by atoms with van der Waals surface area (Å²) in [5.41, 5.74) is 1.25. The topological polar surface area (TPSA) is 32.3 Å². The zero-order valence-corrected chi connectivity index (χ0v) is 14.0. The van der Waals surface area contributed by atoms with Gasteiger partial charge >= 0.3 is 0 Å². The lowest BCUT2D eigenvalue weighted by Crippen LogP contribution is -2.44. The van der Waals surface area contributed by atoms with E-state index in [2.05, 4.69) is 47.8 Å². The number of amides is 1. The van der Waals surface area contributed by atoms with Crippen LogP contribution < -0.4 is 5.32 Å². The molecule has 3 rings (SSSR count). The molecule has 4 unspecified atom stereocenters. The van der Waals surface area contributed by atoms with E-state index in [1.165, 1.54) is 12.0 Å². The fourth-order valence-electron chi connectivity index (χ4n) is 4.15. The Labute approximate surface area is 131 Å². The van der Waals surface area contributed by atoms with E-state index in [1.807, 2.05) is 0 Å². The van der Waals surface area contributed by atoms with E-state index in [1.54, 1.807) is 11.3 Å². The Bertz CT molecular complexity index is 477. The van der Waals surface area contributed by atoms with Gasteiger partial charge in [0, 0.05) is 6.04 Å². The number of nitrogens with zero attached hydrogens (tertiary/aromatic N) is 1. The second-order valence-electron chi connectivity index (χ2n) is 6.90. The first kappa shape index (κ1) is 15.0. The quantitative estimate of drug-likeness (QED) is 0.921. The highest BCUT2D eigenvalue weighted by Crippen LogP contribution is 2.38. The van der Waals surface area contributed by atoms with Crippen LogP contribution in [-0.4, -0.2) is 22.9 Å². The maximum absolute atomic E-state index is 12.8. The molecule has 0 bridgehead atoms. The summed E-state index contributed by atoms with van der Waals surface area (Å²) in [5, 5.41) is 7.83. The number of thiophene rings is 1. The Kier molecular flexibility index (Phi) is 4.36. The molecule has 1 saturated heterocycles. The number of carbonyl (C=O) groups is 1. The van der Waals surface area contributed by atoms with Crippen molar-refractivity contribution in [2.75, 3.05) is 0 Å². The molecule has 1 aliphatic heterocycles. The minimum atomic E-state index is -0.0116. The summed E-state index contributed by atoms with van der Waals surface area (Å²) in [7, 11) is 0. The van der Waals surface area contributed by atoms with Crippen molar-refractivity contribution in [3.8, 4) is 0 Å².